The maximum Gasteiger partial charge on any atom is 0.107 e. The quantitative estimate of drug-likeness (QED) is 0.840. The van der Waals surface area contributed by atoms with Gasteiger partial charge < -0.3 is 4.98 Å². The first-order valence-electron chi connectivity index (χ1n) is 6.20. The minimum absolute atomic E-state index is 0.311. The molecule has 0 fully saturated rings. The number of nitrogens with zero attached hydrogens (tertiary/aromatic N) is 1. The Balaban J connectivity index is 2.17. The summed E-state index contributed by atoms with van der Waals surface area (Å²) < 4.78 is 0. The molecule has 0 unspecified atom stereocenters. The number of benzene rings is 1. The van der Waals surface area contributed by atoms with E-state index in [1.165, 1.54) is 5.56 Å². The second-order valence-electron chi connectivity index (χ2n) is 5.30. The van der Waals surface area contributed by atoms with Crippen LogP contribution < -0.4 is 0 Å². The van der Waals surface area contributed by atoms with E-state index in [9.17, 15) is 0 Å². The van der Waals surface area contributed by atoms with Crippen LogP contribution in [0.5, 0.6) is 0 Å². The van der Waals surface area contributed by atoms with Crippen LogP contribution in [0.1, 0.15) is 33.0 Å². The van der Waals surface area contributed by atoms with E-state index in [0.29, 0.717) is 5.41 Å². The minimum atomic E-state index is 0.311. The predicted octanol–water partition coefficient (Wildman–Crippen LogP) is 4.06. The molecule has 2 nitrogen and oxygen atoms in total. The van der Waals surface area contributed by atoms with Crippen molar-refractivity contribution in [1.29, 1.82) is 0 Å². The van der Waals surface area contributed by atoms with Gasteiger partial charge in [0.25, 0.3) is 0 Å². The average molecular weight is 228 g/mol. The third kappa shape index (κ3) is 2.96. The van der Waals surface area contributed by atoms with E-state index in [-0.39, 0.29) is 0 Å². The molecule has 17 heavy (non-hydrogen) atoms. The SMILES string of the molecule is CCC(C)(C)Cc1ncc(-c2ccccc2)[nH]1. The summed E-state index contributed by atoms with van der Waals surface area (Å²) in [5.41, 5.74) is 2.61. The number of aromatic nitrogens is 2. The molecule has 0 saturated heterocycles. The van der Waals surface area contributed by atoms with Crippen molar-refractivity contribution in [2.45, 2.75) is 33.6 Å². The third-order valence-corrected chi connectivity index (χ3v) is 3.32. The smallest absolute Gasteiger partial charge is 0.107 e. The van der Waals surface area contributed by atoms with Gasteiger partial charge in [0, 0.05) is 6.42 Å². The third-order valence-electron chi connectivity index (χ3n) is 3.32. The molecule has 0 atom stereocenters. The van der Waals surface area contributed by atoms with Gasteiger partial charge in [-0.3, -0.25) is 0 Å². The second kappa shape index (κ2) is 4.74. The molecule has 0 radical (unpaired) electrons. The van der Waals surface area contributed by atoms with Crippen molar-refractivity contribution in [1.82, 2.24) is 9.97 Å². The Labute approximate surface area is 103 Å². The van der Waals surface area contributed by atoms with Gasteiger partial charge >= 0.3 is 0 Å². The number of hydrogen-bond donors (Lipinski definition) is 1. The lowest BCUT2D eigenvalue weighted by Gasteiger charge is -2.20. The highest BCUT2D eigenvalue weighted by molar-refractivity contribution is 5.57. The standard InChI is InChI=1S/C15H20N2/c1-4-15(2,3)10-14-16-11-13(17-14)12-8-6-5-7-9-12/h5-9,11H,4,10H2,1-3H3,(H,16,17). The van der Waals surface area contributed by atoms with Crippen molar-refractivity contribution < 1.29 is 0 Å². The van der Waals surface area contributed by atoms with Gasteiger partial charge in [-0.05, 0) is 11.0 Å². The van der Waals surface area contributed by atoms with Crippen LogP contribution in [0.15, 0.2) is 36.5 Å². The second-order valence-corrected chi connectivity index (χ2v) is 5.30. The molecule has 0 aliphatic carbocycles. The van der Waals surface area contributed by atoms with Crippen molar-refractivity contribution in [2.24, 2.45) is 5.41 Å². The van der Waals surface area contributed by atoms with E-state index < -0.39 is 0 Å². The number of hydrogen-bond acceptors (Lipinski definition) is 1. The van der Waals surface area contributed by atoms with Gasteiger partial charge in [-0.15, -0.1) is 0 Å². The highest BCUT2D eigenvalue weighted by atomic mass is 14.9. The van der Waals surface area contributed by atoms with E-state index >= 15 is 0 Å². The zero-order valence-corrected chi connectivity index (χ0v) is 10.8. The number of nitrogens with one attached hydrogen (secondary N) is 1. The lowest BCUT2D eigenvalue weighted by atomic mass is 9.86. The van der Waals surface area contributed by atoms with E-state index in [2.05, 4.69) is 42.9 Å². The molecule has 2 heteroatoms. The normalized spacial score (nSPS) is 11.7. The molecule has 0 bridgehead atoms. The summed E-state index contributed by atoms with van der Waals surface area (Å²) >= 11 is 0. The first-order valence-corrected chi connectivity index (χ1v) is 6.20. The van der Waals surface area contributed by atoms with Gasteiger partial charge in [-0.1, -0.05) is 57.5 Å². The Morgan fingerprint density at radius 2 is 1.88 bits per heavy atom. The van der Waals surface area contributed by atoms with Gasteiger partial charge in [0.2, 0.25) is 0 Å². The van der Waals surface area contributed by atoms with Crippen LogP contribution in [-0.2, 0) is 6.42 Å². The first kappa shape index (κ1) is 11.9. The molecule has 0 amide bonds. The van der Waals surface area contributed by atoms with E-state index in [1.54, 1.807) is 0 Å². The van der Waals surface area contributed by atoms with E-state index in [1.807, 2.05) is 24.4 Å². The molecule has 0 aliphatic heterocycles. The number of H-pyrrole nitrogens is 1. The molecule has 0 spiro atoms. The van der Waals surface area contributed by atoms with Gasteiger partial charge in [0.15, 0.2) is 0 Å². The summed E-state index contributed by atoms with van der Waals surface area (Å²) in [7, 11) is 0. The summed E-state index contributed by atoms with van der Waals surface area (Å²) in [6, 6.07) is 10.3. The van der Waals surface area contributed by atoms with Crippen LogP contribution in [0, 0.1) is 5.41 Å². The minimum Gasteiger partial charge on any atom is -0.342 e. The molecule has 1 aromatic carbocycles. The monoisotopic (exact) mass is 228 g/mol. The largest absolute Gasteiger partial charge is 0.342 e. The number of imidazole rings is 1. The number of rotatable bonds is 4. The molecular weight excluding hydrogens is 208 g/mol. The molecule has 2 aromatic rings. The van der Waals surface area contributed by atoms with E-state index in [4.69, 9.17) is 0 Å². The fourth-order valence-electron chi connectivity index (χ4n) is 1.80. The van der Waals surface area contributed by atoms with Crippen LogP contribution in [0.25, 0.3) is 11.3 Å². The Kier molecular flexibility index (Phi) is 3.32. The zero-order chi connectivity index (χ0) is 12.3. The lowest BCUT2D eigenvalue weighted by Crippen LogP contribution is -2.14. The van der Waals surface area contributed by atoms with Crippen LogP contribution in [0.3, 0.4) is 0 Å². The molecule has 1 N–H and O–H groups in total. The summed E-state index contributed by atoms with van der Waals surface area (Å²) in [4.78, 5) is 7.88. The van der Waals surface area contributed by atoms with Crippen LogP contribution in [0.2, 0.25) is 0 Å². The fraction of sp³-hybridized carbons (Fsp3) is 0.400. The predicted molar refractivity (Wildman–Crippen MR) is 71.8 cm³/mol. The number of aromatic amines is 1. The Bertz CT molecular complexity index is 469. The average Bonchev–Trinajstić information content (AvgIpc) is 2.78. The summed E-state index contributed by atoms with van der Waals surface area (Å²) in [6.07, 6.45) is 4.08. The van der Waals surface area contributed by atoms with Gasteiger partial charge in [0.1, 0.15) is 5.82 Å². The first-order chi connectivity index (χ1) is 8.11. The molecular formula is C15H20N2. The summed E-state index contributed by atoms with van der Waals surface area (Å²) in [6.45, 7) is 6.77. The molecule has 0 aliphatic rings. The molecule has 90 valence electrons. The van der Waals surface area contributed by atoms with Crippen molar-refractivity contribution in [2.75, 3.05) is 0 Å². The van der Waals surface area contributed by atoms with Crippen molar-refractivity contribution in [3.05, 3.63) is 42.4 Å². The van der Waals surface area contributed by atoms with Gasteiger partial charge in [-0.2, -0.15) is 0 Å². The summed E-state index contributed by atoms with van der Waals surface area (Å²) in [5, 5.41) is 0. The zero-order valence-electron chi connectivity index (χ0n) is 10.8. The van der Waals surface area contributed by atoms with Crippen molar-refractivity contribution in [3.63, 3.8) is 0 Å². The van der Waals surface area contributed by atoms with Crippen LogP contribution in [0.4, 0.5) is 0 Å². The highest BCUT2D eigenvalue weighted by Crippen LogP contribution is 2.25. The fourth-order valence-corrected chi connectivity index (χ4v) is 1.80. The topological polar surface area (TPSA) is 28.7 Å². The lowest BCUT2D eigenvalue weighted by molar-refractivity contribution is 0.342. The Morgan fingerprint density at radius 3 is 2.53 bits per heavy atom. The highest BCUT2D eigenvalue weighted by Gasteiger charge is 2.17. The Morgan fingerprint density at radius 1 is 1.18 bits per heavy atom. The maximum atomic E-state index is 4.47. The van der Waals surface area contributed by atoms with E-state index in [0.717, 1.165) is 24.4 Å². The van der Waals surface area contributed by atoms with Crippen molar-refractivity contribution >= 4 is 0 Å². The molecule has 1 aromatic heterocycles. The van der Waals surface area contributed by atoms with Gasteiger partial charge in [0.05, 0.1) is 11.9 Å². The molecule has 0 saturated carbocycles. The molecule has 1 heterocycles. The summed E-state index contributed by atoms with van der Waals surface area (Å²) in [5.74, 6) is 1.08. The molecule has 2 rings (SSSR count). The van der Waals surface area contributed by atoms with Crippen molar-refractivity contribution in [3.8, 4) is 11.3 Å². The van der Waals surface area contributed by atoms with Gasteiger partial charge in [-0.25, -0.2) is 4.98 Å². The Hall–Kier alpha value is -1.57. The van der Waals surface area contributed by atoms with Crippen LogP contribution in [-0.4, -0.2) is 9.97 Å². The maximum absolute atomic E-state index is 4.47. The van der Waals surface area contributed by atoms with Crippen LogP contribution >= 0.6 is 0 Å².